The van der Waals surface area contributed by atoms with Crippen LogP contribution in [-0.4, -0.2) is 31.6 Å². The Bertz CT molecular complexity index is 837. The third kappa shape index (κ3) is 2.99. The summed E-state index contributed by atoms with van der Waals surface area (Å²) >= 11 is 0. The molecule has 24 heavy (non-hydrogen) atoms. The molecular weight excluding hydrogens is 330 g/mol. The molecule has 0 radical (unpaired) electrons. The molecular formula is C16H19N3O4S. The number of aryl methyl sites for hydroxylation is 2. The molecule has 0 saturated carbocycles. The van der Waals surface area contributed by atoms with E-state index in [2.05, 4.69) is 14.7 Å². The Morgan fingerprint density at radius 3 is 2.75 bits per heavy atom. The van der Waals surface area contributed by atoms with Crippen molar-refractivity contribution in [2.75, 3.05) is 13.2 Å². The molecule has 1 aliphatic heterocycles. The lowest BCUT2D eigenvalue weighted by Crippen LogP contribution is -2.24. The van der Waals surface area contributed by atoms with Crippen molar-refractivity contribution >= 4 is 10.0 Å². The summed E-state index contributed by atoms with van der Waals surface area (Å²) in [6.45, 7) is 1.03. The van der Waals surface area contributed by atoms with E-state index in [0.717, 1.165) is 37.1 Å². The minimum Gasteiger partial charge on any atom is -0.486 e. The lowest BCUT2D eigenvalue weighted by atomic mass is 10.0. The highest BCUT2D eigenvalue weighted by Crippen LogP contribution is 2.32. The number of H-pyrrole nitrogens is 1. The second kappa shape index (κ2) is 6.10. The molecule has 0 amide bonds. The number of benzene rings is 1. The summed E-state index contributed by atoms with van der Waals surface area (Å²) in [7, 11) is -3.64. The molecule has 2 N–H and O–H groups in total. The number of hydrogen-bond donors (Lipinski definition) is 2. The Hall–Kier alpha value is -2.06. The van der Waals surface area contributed by atoms with E-state index in [1.807, 2.05) is 0 Å². The molecule has 1 aromatic heterocycles. The first-order valence-electron chi connectivity index (χ1n) is 8.08. The van der Waals surface area contributed by atoms with Crippen LogP contribution in [-0.2, 0) is 29.4 Å². The zero-order chi connectivity index (χ0) is 16.6. The van der Waals surface area contributed by atoms with Crippen LogP contribution in [0.15, 0.2) is 23.1 Å². The number of aromatic nitrogens is 2. The number of ether oxygens (including phenoxy) is 2. The highest BCUT2D eigenvalue weighted by molar-refractivity contribution is 7.89. The van der Waals surface area contributed by atoms with Gasteiger partial charge in [-0.3, -0.25) is 0 Å². The Kier molecular flexibility index (Phi) is 3.93. The van der Waals surface area contributed by atoms with Crippen LogP contribution in [0.4, 0.5) is 0 Å². The molecule has 2 aromatic rings. The summed E-state index contributed by atoms with van der Waals surface area (Å²) in [6, 6.07) is 4.63. The van der Waals surface area contributed by atoms with E-state index < -0.39 is 10.0 Å². The van der Waals surface area contributed by atoms with E-state index in [0.29, 0.717) is 30.5 Å². The van der Waals surface area contributed by atoms with Crippen molar-refractivity contribution in [3.05, 3.63) is 35.4 Å². The standard InChI is InChI=1S/C16H19N3O4S/c20-24(21,11-5-6-14-15(9-11)23-8-7-22-14)17-10-16-18-12-3-1-2-4-13(12)19-16/h5-6,9,17H,1-4,7-8,10H2,(H,18,19). The molecule has 128 valence electrons. The van der Waals surface area contributed by atoms with Crippen molar-refractivity contribution in [2.24, 2.45) is 0 Å². The number of aromatic amines is 1. The van der Waals surface area contributed by atoms with E-state index >= 15 is 0 Å². The summed E-state index contributed by atoms with van der Waals surface area (Å²) in [5, 5.41) is 0. The Balaban J connectivity index is 1.50. The third-order valence-corrected chi connectivity index (χ3v) is 5.66. The van der Waals surface area contributed by atoms with Crippen molar-refractivity contribution in [1.82, 2.24) is 14.7 Å². The SMILES string of the molecule is O=S(=O)(NCc1nc2c([nH]1)CCCC2)c1ccc2c(c1)OCCO2. The monoisotopic (exact) mass is 349 g/mol. The fourth-order valence-electron chi connectivity index (χ4n) is 3.03. The molecule has 4 rings (SSSR count). The molecule has 0 fully saturated rings. The summed E-state index contributed by atoms with van der Waals surface area (Å²) in [4.78, 5) is 7.87. The molecule has 0 bridgehead atoms. The minimum atomic E-state index is -3.64. The average molecular weight is 349 g/mol. The Morgan fingerprint density at radius 1 is 1.12 bits per heavy atom. The van der Waals surface area contributed by atoms with Crippen LogP contribution in [0.25, 0.3) is 0 Å². The van der Waals surface area contributed by atoms with Gasteiger partial charge in [-0.05, 0) is 37.8 Å². The van der Waals surface area contributed by atoms with Crippen LogP contribution in [0.2, 0.25) is 0 Å². The zero-order valence-electron chi connectivity index (χ0n) is 13.2. The predicted octanol–water partition coefficient (Wildman–Crippen LogP) is 1.54. The summed E-state index contributed by atoms with van der Waals surface area (Å²) in [6.07, 6.45) is 4.23. The van der Waals surface area contributed by atoms with Crippen molar-refractivity contribution in [1.29, 1.82) is 0 Å². The van der Waals surface area contributed by atoms with E-state index in [4.69, 9.17) is 9.47 Å². The number of sulfonamides is 1. The van der Waals surface area contributed by atoms with Gasteiger partial charge in [-0.15, -0.1) is 0 Å². The van der Waals surface area contributed by atoms with E-state index in [1.165, 1.54) is 12.1 Å². The van der Waals surface area contributed by atoms with Crippen LogP contribution in [0.3, 0.4) is 0 Å². The molecule has 0 unspecified atom stereocenters. The molecule has 7 nitrogen and oxygen atoms in total. The quantitative estimate of drug-likeness (QED) is 0.873. The largest absolute Gasteiger partial charge is 0.486 e. The van der Waals surface area contributed by atoms with Gasteiger partial charge >= 0.3 is 0 Å². The molecule has 2 heterocycles. The predicted molar refractivity (Wildman–Crippen MR) is 86.7 cm³/mol. The van der Waals surface area contributed by atoms with Crippen molar-refractivity contribution in [3.63, 3.8) is 0 Å². The molecule has 8 heteroatoms. The maximum atomic E-state index is 12.5. The molecule has 0 atom stereocenters. The fourth-order valence-corrected chi connectivity index (χ4v) is 4.04. The number of rotatable bonds is 4. The number of nitrogens with zero attached hydrogens (tertiary/aromatic N) is 1. The first-order valence-corrected chi connectivity index (χ1v) is 9.56. The normalized spacial score (nSPS) is 16.7. The summed E-state index contributed by atoms with van der Waals surface area (Å²) < 4.78 is 38.4. The van der Waals surface area contributed by atoms with Crippen molar-refractivity contribution in [2.45, 2.75) is 37.1 Å². The van der Waals surface area contributed by atoms with Gasteiger partial charge < -0.3 is 14.5 Å². The van der Waals surface area contributed by atoms with Gasteiger partial charge in [0.25, 0.3) is 0 Å². The van der Waals surface area contributed by atoms with Gasteiger partial charge in [-0.2, -0.15) is 0 Å². The minimum absolute atomic E-state index is 0.143. The number of imidazole rings is 1. The van der Waals surface area contributed by atoms with Crippen LogP contribution < -0.4 is 14.2 Å². The maximum Gasteiger partial charge on any atom is 0.241 e. The van der Waals surface area contributed by atoms with Crippen molar-refractivity contribution < 1.29 is 17.9 Å². The number of fused-ring (bicyclic) bond motifs is 2. The molecule has 2 aliphatic rings. The average Bonchev–Trinajstić information content (AvgIpc) is 3.03. The highest BCUT2D eigenvalue weighted by atomic mass is 32.2. The highest BCUT2D eigenvalue weighted by Gasteiger charge is 2.20. The van der Waals surface area contributed by atoms with Crippen LogP contribution in [0, 0.1) is 0 Å². The third-order valence-electron chi connectivity index (χ3n) is 4.26. The van der Waals surface area contributed by atoms with Crippen LogP contribution in [0.1, 0.15) is 30.1 Å². The lowest BCUT2D eigenvalue weighted by Gasteiger charge is -2.18. The molecule has 0 spiro atoms. The first-order chi connectivity index (χ1) is 11.6. The second-order valence-electron chi connectivity index (χ2n) is 5.95. The van der Waals surface area contributed by atoms with Crippen LogP contribution in [0.5, 0.6) is 11.5 Å². The Labute approximate surface area is 140 Å². The smallest absolute Gasteiger partial charge is 0.241 e. The van der Waals surface area contributed by atoms with Gasteiger partial charge in [-0.25, -0.2) is 18.1 Å². The zero-order valence-corrected chi connectivity index (χ0v) is 14.0. The lowest BCUT2D eigenvalue weighted by molar-refractivity contribution is 0.171. The van der Waals surface area contributed by atoms with E-state index in [-0.39, 0.29) is 11.4 Å². The van der Waals surface area contributed by atoms with E-state index in [1.54, 1.807) is 6.07 Å². The Morgan fingerprint density at radius 2 is 1.92 bits per heavy atom. The van der Waals surface area contributed by atoms with Gasteiger partial charge in [0.05, 0.1) is 17.1 Å². The number of hydrogen-bond acceptors (Lipinski definition) is 5. The van der Waals surface area contributed by atoms with Gasteiger partial charge in [0.1, 0.15) is 19.0 Å². The van der Waals surface area contributed by atoms with Gasteiger partial charge in [0.15, 0.2) is 11.5 Å². The van der Waals surface area contributed by atoms with Crippen LogP contribution >= 0.6 is 0 Å². The number of nitrogens with one attached hydrogen (secondary N) is 2. The van der Waals surface area contributed by atoms with Gasteiger partial charge in [0.2, 0.25) is 10.0 Å². The fraction of sp³-hybridized carbons (Fsp3) is 0.438. The molecule has 1 aromatic carbocycles. The van der Waals surface area contributed by atoms with E-state index in [9.17, 15) is 8.42 Å². The maximum absolute atomic E-state index is 12.5. The van der Waals surface area contributed by atoms with Crippen molar-refractivity contribution in [3.8, 4) is 11.5 Å². The van der Waals surface area contributed by atoms with Gasteiger partial charge in [-0.1, -0.05) is 0 Å². The molecule has 1 aliphatic carbocycles. The second-order valence-corrected chi connectivity index (χ2v) is 7.71. The van der Waals surface area contributed by atoms with Gasteiger partial charge in [0, 0.05) is 11.8 Å². The first kappa shape index (κ1) is 15.5. The molecule has 0 saturated heterocycles. The summed E-state index contributed by atoms with van der Waals surface area (Å²) in [5.41, 5.74) is 2.20. The summed E-state index contributed by atoms with van der Waals surface area (Å²) in [5.74, 6) is 1.68. The topological polar surface area (TPSA) is 93.3 Å².